The maximum atomic E-state index is 12.6. The number of rotatable bonds is 3. The third-order valence-corrected chi connectivity index (χ3v) is 4.10. The van der Waals surface area contributed by atoms with Crippen molar-refractivity contribution in [2.45, 2.75) is 25.6 Å². The normalized spacial score (nSPS) is 17.1. The molecule has 0 aliphatic carbocycles. The van der Waals surface area contributed by atoms with Gasteiger partial charge >= 0.3 is 12.1 Å². The van der Waals surface area contributed by atoms with Crippen molar-refractivity contribution in [2.75, 3.05) is 13.1 Å². The lowest BCUT2D eigenvalue weighted by molar-refractivity contribution is -0.185. The summed E-state index contributed by atoms with van der Waals surface area (Å²) < 4.78 is 37.8. The van der Waals surface area contributed by atoms with E-state index < -0.39 is 18.1 Å². The standard InChI is InChI=1S/C14H15ClF3NO2.ClH/c15-12-7-9(13(20)21)1-2-10(12)8-19-5-3-11(4-6-19)14(16,17)18;/h1-2,7,11H,3-6,8H2,(H,20,21);1H. The quantitative estimate of drug-likeness (QED) is 0.879. The number of likely N-dealkylation sites (tertiary alicyclic amines) is 1. The average molecular weight is 358 g/mol. The number of nitrogens with zero attached hydrogens (tertiary/aromatic N) is 1. The van der Waals surface area contributed by atoms with Crippen molar-refractivity contribution in [1.82, 2.24) is 4.90 Å². The molecule has 1 N–H and O–H groups in total. The molecule has 1 aromatic carbocycles. The monoisotopic (exact) mass is 357 g/mol. The van der Waals surface area contributed by atoms with Crippen LogP contribution < -0.4 is 0 Å². The first-order valence-corrected chi connectivity index (χ1v) is 6.96. The van der Waals surface area contributed by atoms with Crippen LogP contribution in [0, 0.1) is 5.92 Å². The van der Waals surface area contributed by atoms with Gasteiger partial charge < -0.3 is 5.11 Å². The van der Waals surface area contributed by atoms with Crippen LogP contribution in [0.1, 0.15) is 28.8 Å². The first kappa shape index (κ1) is 19.1. The molecule has 0 amide bonds. The lowest BCUT2D eigenvalue weighted by Crippen LogP contribution is -2.38. The summed E-state index contributed by atoms with van der Waals surface area (Å²) >= 11 is 6.02. The van der Waals surface area contributed by atoms with Crippen molar-refractivity contribution >= 4 is 30.0 Å². The van der Waals surface area contributed by atoms with Crippen LogP contribution in [0.15, 0.2) is 18.2 Å². The Hall–Kier alpha value is -0.980. The van der Waals surface area contributed by atoms with E-state index in [1.54, 1.807) is 6.07 Å². The molecule has 0 saturated carbocycles. The molecule has 8 heteroatoms. The van der Waals surface area contributed by atoms with Gasteiger partial charge in [0.1, 0.15) is 0 Å². The predicted octanol–water partition coefficient (Wildman–Crippen LogP) is 4.23. The van der Waals surface area contributed by atoms with Crippen LogP contribution in [0.2, 0.25) is 5.02 Å². The fourth-order valence-corrected chi connectivity index (χ4v) is 2.71. The third kappa shape index (κ3) is 4.76. The van der Waals surface area contributed by atoms with Gasteiger partial charge in [-0.1, -0.05) is 17.7 Å². The molecular weight excluding hydrogens is 342 g/mol. The van der Waals surface area contributed by atoms with E-state index in [1.807, 2.05) is 4.90 Å². The Morgan fingerprint density at radius 3 is 2.36 bits per heavy atom. The summed E-state index contributed by atoms with van der Waals surface area (Å²) in [5.41, 5.74) is 0.826. The van der Waals surface area contributed by atoms with Crippen molar-refractivity contribution in [1.29, 1.82) is 0 Å². The van der Waals surface area contributed by atoms with E-state index >= 15 is 0 Å². The van der Waals surface area contributed by atoms with Crippen molar-refractivity contribution in [3.63, 3.8) is 0 Å². The van der Waals surface area contributed by atoms with Gasteiger partial charge in [0, 0.05) is 11.6 Å². The van der Waals surface area contributed by atoms with Gasteiger partial charge in [0.2, 0.25) is 0 Å². The number of hydrogen-bond acceptors (Lipinski definition) is 2. The summed E-state index contributed by atoms with van der Waals surface area (Å²) in [7, 11) is 0. The van der Waals surface area contributed by atoms with Gasteiger partial charge in [-0.3, -0.25) is 4.90 Å². The zero-order valence-electron chi connectivity index (χ0n) is 11.6. The molecule has 0 atom stereocenters. The Balaban J connectivity index is 0.00000242. The van der Waals surface area contributed by atoms with Gasteiger partial charge in [-0.25, -0.2) is 4.79 Å². The summed E-state index contributed by atoms with van der Waals surface area (Å²) in [5, 5.41) is 9.18. The Kier molecular flexibility index (Phi) is 6.52. The minimum Gasteiger partial charge on any atom is -0.478 e. The predicted molar refractivity (Wildman–Crippen MR) is 79.7 cm³/mol. The third-order valence-electron chi connectivity index (χ3n) is 3.74. The molecule has 2 rings (SSSR count). The highest BCUT2D eigenvalue weighted by molar-refractivity contribution is 6.31. The minimum absolute atomic E-state index is 0. The zero-order chi connectivity index (χ0) is 15.6. The van der Waals surface area contributed by atoms with Gasteiger partial charge in [-0.05, 0) is 43.6 Å². The summed E-state index contributed by atoms with van der Waals surface area (Å²) in [6, 6.07) is 4.43. The number of carbonyl (C=O) groups is 1. The van der Waals surface area contributed by atoms with E-state index in [9.17, 15) is 18.0 Å². The van der Waals surface area contributed by atoms with E-state index in [1.165, 1.54) is 12.1 Å². The van der Waals surface area contributed by atoms with Crippen LogP contribution in [0.25, 0.3) is 0 Å². The number of piperidine rings is 1. The molecule has 0 radical (unpaired) electrons. The van der Waals surface area contributed by atoms with Gasteiger partial charge in [0.05, 0.1) is 11.5 Å². The molecule has 1 aliphatic heterocycles. The summed E-state index contributed by atoms with van der Waals surface area (Å²) in [4.78, 5) is 12.7. The highest BCUT2D eigenvalue weighted by Gasteiger charge is 2.40. The molecule has 1 aliphatic rings. The van der Waals surface area contributed by atoms with E-state index in [0.29, 0.717) is 24.7 Å². The summed E-state index contributed by atoms with van der Waals surface area (Å²) in [6.45, 7) is 1.16. The highest BCUT2D eigenvalue weighted by atomic mass is 35.5. The fraction of sp³-hybridized carbons (Fsp3) is 0.500. The van der Waals surface area contributed by atoms with Crippen LogP contribution >= 0.6 is 24.0 Å². The summed E-state index contributed by atoms with van der Waals surface area (Å²) in [5.74, 6) is -2.28. The smallest absolute Gasteiger partial charge is 0.391 e. The first-order chi connectivity index (χ1) is 9.77. The van der Waals surface area contributed by atoms with Crippen molar-refractivity contribution in [3.8, 4) is 0 Å². The van der Waals surface area contributed by atoms with Crippen LogP contribution in [-0.2, 0) is 6.54 Å². The molecule has 0 unspecified atom stereocenters. The molecule has 1 heterocycles. The maximum Gasteiger partial charge on any atom is 0.391 e. The number of carboxylic acid groups (broad SMARTS) is 1. The first-order valence-electron chi connectivity index (χ1n) is 6.58. The number of hydrogen-bond donors (Lipinski definition) is 1. The molecule has 0 aromatic heterocycles. The van der Waals surface area contributed by atoms with E-state index in [-0.39, 0.29) is 30.8 Å². The second-order valence-corrected chi connectivity index (χ2v) is 5.61. The minimum atomic E-state index is -4.12. The molecule has 22 heavy (non-hydrogen) atoms. The molecular formula is C14H16Cl2F3NO2. The number of alkyl halides is 3. The maximum absolute atomic E-state index is 12.6. The lowest BCUT2D eigenvalue weighted by Gasteiger charge is -2.33. The number of benzene rings is 1. The molecule has 0 spiro atoms. The van der Waals surface area contributed by atoms with Gasteiger partial charge in [0.15, 0.2) is 0 Å². The van der Waals surface area contributed by atoms with Crippen LogP contribution in [0.4, 0.5) is 13.2 Å². The van der Waals surface area contributed by atoms with Crippen LogP contribution in [-0.4, -0.2) is 35.2 Å². The van der Waals surface area contributed by atoms with Gasteiger partial charge in [0.25, 0.3) is 0 Å². The highest BCUT2D eigenvalue weighted by Crippen LogP contribution is 2.34. The molecule has 124 valence electrons. The van der Waals surface area contributed by atoms with Crippen molar-refractivity contribution in [2.24, 2.45) is 5.92 Å². The Labute approximate surface area is 137 Å². The Morgan fingerprint density at radius 1 is 1.32 bits per heavy atom. The lowest BCUT2D eigenvalue weighted by atomic mass is 9.96. The number of aromatic carboxylic acids is 1. The SMILES string of the molecule is Cl.O=C(O)c1ccc(CN2CCC(C(F)(F)F)CC2)c(Cl)c1. The van der Waals surface area contributed by atoms with Crippen molar-refractivity contribution in [3.05, 3.63) is 34.3 Å². The number of halogens is 5. The van der Waals surface area contributed by atoms with E-state index in [0.717, 1.165) is 5.56 Å². The molecule has 1 fully saturated rings. The largest absolute Gasteiger partial charge is 0.478 e. The average Bonchev–Trinajstić information content (AvgIpc) is 2.40. The van der Waals surface area contributed by atoms with Crippen LogP contribution in [0.5, 0.6) is 0 Å². The molecule has 1 saturated heterocycles. The Bertz CT molecular complexity index is 529. The molecule has 1 aromatic rings. The molecule has 3 nitrogen and oxygen atoms in total. The van der Waals surface area contributed by atoms with E-state index in [4.69, 9.17) is 16.7 Å². The zero-order valence-corrected chi connectivity index (χ0v) is 13.1. The van der Waals surface area contributed by atoms with Crippen molar-refractivity contribution < 1.29 is 23.1 Å². The second kappa shape index (κ2) is 7.53. The van der Waals surface area contributed by atoms with E-state index in [2.05, 4.69) is 0 Å². The topological polar surface area (TPSA) is 40.5 Å². The van der Waals surface area contributed by atoms with Gasteiger partial charge in [-0.2, -0.15) is 13.2 Å². The van der Waals surface area contributed by atoms with Gasteiger partial charge in [-0.15, -0.1) is 12.4 Å². The summed E-state index contributed by atoms with van der Waals surface area (Å²) in [6.07, 6.45) is -3.93. The number of carboxylic acids is 1. The van der Waals surface area contributed by atoms with Crippen LogP contribution in [0.3, 0.4) is 0 Å². The Morgan fingerprint density at radius 2 is 1.91 bits per heavy atom. The second-order valence-electron chi connectivity index (χ2n) is 5.20. The fourth-order valence-electron chi connectivity index (χ4n) is 2.47. The molecule has 0 bridgehead atoms.